The third kappa shape index (κ3) is 6.64. The Kier molecular flexibility index (Phi) is 7.97. The number of nitrogens with one attached hydrogen (secondary N) is 1. The number of ether oxygens (including phenoxy) is 1. The summed E-state index contributed by atoms with van der Waals surface area (Å²) in [5.41, 5.74) is 4.06. The van der Waals surface area contributed by atoms with Gasteiger partial charge in [-0.1, -0.05) is 36.1 Å². The van der Waals surface area contributed by atoms with Gasteiger partial charge in [-0.05, 0) is 35.4 Å². The van der Waals surface area contributed by atoms with Crippen molar-refractivity contribution in [1.29, 1.82) is 0 Å². The summed E-state index contributed by atoms with van der Waals surface area (Å²) in [6, 6.07) is 16.5. The van der Waals surface area contributed by atoms with E-state index in [-0.39, 0.29) is 17.8 Å². The zero-order valence-corrected chi connectivity index (χ0v) is 20.8. The number of benzene rings is 2. The lowest BCUT2D eigenvalue weighted by Crippen LogP contribution is -2.52. The van der Waals surface area contributed by atoms with Crippen LogP contribution in [0.25, 0.3) is 0 Å². The molecule has 2 aromatic carbocycles. The van der Waals surface area contributed by atoms with Crippen molar-refractivity contribution < 1.29 is 14.9 Å². The third-order valence-corrected chi connectivity index (χ3v) is 6.96. The van der Waals surface area contributed by atoms with E-state index in [9.17, 15) is 15.0 Å². The quantitative estimate of drug-likeness (QED) is 0.425. The Balaban J connectivity index is 1.26. The number of β-amino-alcohol motifs (C(OH)–C–C–N with tert-alkyl or cyclic N) is 1. The zero-order chi connectivity index (χ0) is 25.6. The maximum atomic E-state index is 11.8. The van der Waals surface area contributed by atoms with Crippen molar-refractivity contribution in [1.82, 2.24) is 19.8 Å². The van der Waals surface area contributed by atoms with Crippen LogP contribution in [0.1, 0.15) is 33.9 Å². The van der Waals surface area contributed by atoms with Crippen LogP contribution in [0, 0.1) is 11.8 Å². The Labute approximate surface area is 216 Å². The van der Waals surface area contributed by atoms with Crippen molar-refractivity contribution in [3.8, 4) is 17.6 Å². The first-order valence-electron chi connectivity index (χ1n) is 12.7. The molecular formula is C29H32N4O4. The lowest BCUT2D eigenvalue weighted by Gasteiger charge is -2.38. The minimum Gasteiger partial charge on any atom is -0.502 e. The molecule has 0 spiro atoms. The van der Waals surface area contributed by atoms with Gasteiger partial charge in [-0.2, -0.15) is 0 Å². The van der Waals surface area contributed by atoms with Crippen LogP contribution in [0.15, 0.2) is 59.7 Å². The molecule has 3 heterocycles. The summed E-state index contributed by atoms with van der Waals surface area (Å²) in [4.78, 5) is 23.0. The van der Waals surface area contributed by atoms with Crippen LogP contribution in [-0.2, 0) is 17.7 Å². The van der Waals surface area contributed by atoms with Crippen molar-refractivity contribution in [3.05, 3.63) is 93.2 Å². The second-order valence-corrected chi connectivity index (χ2v) is 9.76. The Morgan fingerprint density at radius 2 is 1.65 bits per heavy atom. The van der Waals surface area contributed by atoms with Gasteiger partial charge in [0.1, 0.15) is 0 Å². The van der Waals surface area contributed by atoms with Gasteiger partial charge in [0.25, 0.3) is 5.56 Å². The molecule has 1 aromatic heterocycles. The summed E-state index contributed by atoms with van der Waals surface area (Å²) in [6.07, 6.45) is 1.44. The largest absolute Gasteiger partial charge is 0.502 e. The van der Waals surface area contributed by atoms with Crippen LogP contribution in [-0.4, -0.2) is 82.0 Å². The number of aliphatic hydroxyl groups excluding tert-OH is 1. The van der Waals surface area contributed by atoms with Crippen LogP contribution < -0.4 is 5.56 Å². The molecule has 37 heavy (non-hydrogen) atoms. The Morgan fingerprint density at radius 1 is 1.00 bits per heavy atom. The van der Waals surface area contributed by atoms with E-state index in [4.69, 9.17) is 4.74 Å². The molecule has 8 heteroatoms. The maximum Gasteiger partial charge on any atom is 0.293 e. The molecule has 192 valence electrons. The fourth-order valence-electron chi connectivity index (χ4n) is 4.80. The van der Waals surface area contributed by atoms with E-state index in [2.05, 4.69) is 55.9 Å². The Hall–Kier alpha value is -3.48. The second kappa shape index (κ2) is 11.7. The number of nitrogens with zero attached hydrogens (tertiary/aromatic N) is 3. The summed E-state index contributed by atoms with van der Waals surface area (Å²) in [5, 5.41) is 19.9. The molecule has 1 atom stereocenters. The predicted molar refractivity (Wildman–Crippen MR) is 140 cm³/mol. The SMILES string of the molecule is O=c1[nH]cnc(C[C@H](CN2CC(O)C2)c2ccc(C#Cc3ccc(CN4CCOCC4)cc3)cc2)c1O. The molecule has 2 fully saturated rings. The zero-order valence-electron chi connectivity index (χ0n) is 20.8. The van der Waals surface area contributed by atoms with Gasteiger partial charge >= 0.3 is 0 Å². The molecule has 0 radical (unpaired) electrons. The molecule has 5 rings (SSSR count). The summed E-state index contributed by atoms with van der Waals surface area (Å²) in [5.74, 6) is 6.16. The fourth-order valence-corrected chi connectivity index (χ4v) is 4.80. The standard InChI is InChI=1S/C29H32N4O4/c34-26-18-33(19-26)17-25(15-27-28(35)29(36)31-20-30-27)24-9-7-22(8-10-24)2-1-21-3-5-23(6-4-21)16-32-11-13-37-14-12-32/h3-10,20,25-26,34-35H,11-19H2,(H,30,31,36)/t25-/m1/s1. The van der Waals surface area contributed by atoms with Crippen molar-refractivity contribution >= 4 is 0 Å². The Morgan fingerprint density at radius 3 is 2.30 bits per heavy atom. The van der Waals surface area contributed by atoms with E-state index in [1.54, 1.807) is 0 Å². The molecule has 3 aromatic rings. The van der Waals surface area contributed by atoms with Gasteiger partial charge in [-0.3, -0.25) is 14.6 Å². The van der Waals surface area contributed by atoms with E-state index in [1.807, 2.05) is 24.3 Å². The molecule has 0 saturated carbocycles. The first-order chi connectivity index (χ1) is 18.0. The van der Waals surface area contributed by atoms with Gasteiger partial charge in [0, 0.05) is 62.7 Å². The lowest BCUT2D eigenvalue weighted by atomic mass is 9.91. The van der Waals surface area contributed by atoms with Gasteiger partial charge < -0.3 is 19.9 Å². The smallest absolute Gasteiger partial charge is 0.293 e. The summed E-state index contributed by atoms with van der Waals surface area (Å²) in [7, 11) is 0. The highest BCUT2D eigenvalue weighted by molar-refractivity contribution is 5.44. The first-order valence-corrected chi connectivity index (χ1v) is 12.7. The highest BCUT2D eigenvalue weighted by Crippen LogP contribution is 2.26. The van der Waals surface area contributed by atoms with Crippen molar-refractivity contribution in [3.63, 3.8) is 0 Å². The molecule has 2 aliphatic heterocycles. The van der Waals surface area contributed by atoms with Gasteiger partial charge in [-0.15, -0.1) is 0 Å². The molecule has 0 amide bonds. The predicted octanol–water partition coefficient (Wildman–Crippen LogP) is 1.71. The van der Waals surface area contributed by atoms with E-state index in [0.717, 1.165) is 49.5 Å². The number of aromatic nitrogens is 2. The van der Waals surface area contributed by atoms with E-state index in [0.29, 0.717) is 31.7 Å². The van der Waals surface area contributed by atoms with E-state index >= 15 is 0 Å². The number of rotatable bonds is 7. The molecule has 0 unspecified atom stereocenters. The highest BCUT2D eigenvalue weighted by atomic mass is 16.5. The topological polar surface area (TPSA) is 102 Å². The number of morpholine rings is 1. The molecule has 2 aliphatic rings. The average molecular weight is 501 g/mol. The fraction of sp³-hybridized carbons (Fsp3) is 0.379. The van der Waals surface area contributed by atoms with Gasteiger partial charge in [-0.25, -0.2) is 4.98 Å². The van der Waals surface area contributed by atoms with Gasteiger partial charge in [0.15, 0.2) is 0 Å². The van der Waals surface area contributed by atoms with Crippen molar-refractivity contribution in [2.75, 3.05) is 45.9 Å². The summed E-state index contributed by atoms with van der Waals surface area (Å²) >= 11 is 0. The molecule has 8 nitrogen and oxygen atoms in total. The number of aromatic hydroxyl groups is 1. The van der Waals surface area contributed by atoms with Gasteiger partial charge in [0.05, 0.1) is 31.3 Å². The van der Waals surface area contributed by atoms with Crippen molar-refractivity contribution in [2.45, 2.75) is 25.0 Å². The van der Waals surface area contributed by atoms with Crippen LogP contribution in [0.5, 0.6) is 5.75 Å². The van der Waals surface area contributed by atoms with Crippen LogP contribution in [0.4, 0.5) is 0 Å². The van der Waals surface area contributed by atoms with Crippen LogP contribution in [0.3, 0.4) is 0 Å². The second-order valence-electron chi connectivity index (χ2n) is 9.76. The summed E-state index contributed by atoms with van der Waals surface area (Å²) in [6.45, 7) is 6.43. The van der Waals surface area contributed by atoms with Gasteiger partial charge in [0.2, 0.25) is 5.75 Å². The minimum absolute atomic E-state index is 0.00807. The monoisotopic (exact) mass is 500 g/mol. The number of likely N-dealkylation sites (tertiary alicyclic amines) is 1. The third-order valence-electron chi connectivity index (χ3n) is 6.96. The molecule has 3 N–H and O–H groups in total. The number of hydrogen-bond donors (Lipinski definition) is 3. The molecular weight excluding hydrogens is 468 g/mol. The number of H-pyrrole nitrogens is 1. The van der Waals surface area contributed by atoms with Crippen LogP contribution >= 0.6 is 0 Å². The normalized spacial score (nSPS) is 17.5. The average Bonchev–Trinajstić information content (AvgIpc) is 2.90. The minimum atomic E-state index is -0.539. The molecule has 0 aliphatic carbocycles. The van der Waals surface area contributed by atoms with Crippen LogP contribution in [0.2, 0.25) is 0 Å². The maximum absolute atomic E-state index is 11.8. The highest BCUT2D eigenvalue weighted by Gasteiger charge is 2.28. The number of aliphatic hydroxyl groups is 1. The number of aromatic amines is 1. The number of hydrogen-bond acceptors (Lipinski definition) is 7. The molecule has 2 saturated heterocycles. The lowest BCUT2D eigenvalue weighted by molar-refractivity contribution is -0.00129. The molecule has 0 bridgehead atoms. The van der Waals surface area contributed by atoms with E-state index in [1.165, 1.54) is 11.9 Å². The van der Waals surface area contributed by atoms with E-state index < -0.39 is 5.56 Å². The summed E-state index contributed by atoms with van der Waals surface area (Å²) < 4.78 is 5.42. The first kappa shape index (κ1) is 25.2. The Bertz CT molecular complexity index is 1300. The van der Waals surface area contributed by atoms with Crippen molar-refractivity contribution in [2.24, 2.45) is 0 Å².